The van der Waals surface area contributed by atoms with Crippen molar-refractivity contribution in [1.82, 2.24) is 14.9 Å². The molecule has 0 unspecified atom stereocenters. The molecule has 0 aliphatic carbocycles. The van der Waals surface area contributed by atoms with Crippen molar-refractivity contribution in [2.75, 3.05) is 6.54 Å². The van der Waals surface area contributed by atoms with Crippen LogP contribution in [0.25, 0.3) is 22.3 Å². The van der Waals surface area contributed by atoms with E-state index in [1.807, 2.05) is 0 Å². The minimum atomic E-state index is -1.95. The number of rotatable bonds is 4. The van der Waals surface area contributed by atoms with E-state index in [4.69, 9.17) is 10.5 Å². The quantitative estimate of drug-likeness (QED) is 0.378. The van der Waals surface area contributed by atoms with Gasteiger partial charge in [-0.15, -0.1) is 0 Å². The first-order chi connectivity index (χ1) is 16.6. The van der Waals surface area contributed by atoms with E-state index in [0.29, 0.717) is 39.0 Å². The fraction of sp³-hybridized carbons (Fsp3) is 0.360. The highest BCUT2D eigenvalue weighted by Crippen LogP contribution is 2.41. The number of amides is 1. The molecule has 5 rings (SSSR count). The van der Waals surface area contributed by atoms with Gasteiger partial charge in [-0.3, -0.25) is 9.59 Å². The Morgan fingerprint density at radius 1 is 1.34 bits per heavy atom. The molecule has 2 aliphatic rings. The lowest BCUT2D eigenvalue weighted by atomic mass is 9.86. The molecular weight excluding hydrogens is 455 g/mol. The van der Waals surface area contributed by atoms with E-state index in [9.17, 15) is 23.9 Å². The largest absolute Gasteiger partial charge is 0.458 e. The summed E-state index contributed by atoms with van der Waals surface area (Å²) in [5.74, 6) is -1.60. The lowest BCUT2D eigenvalue weighted by Crippen LogP contribution is -2.44. The molecule has 0 fully saturated rings. The summed E-state index contributed by atoms with van der Waals surface area (Å²) in [5, 5.41) is 14.6. The summed E-state index contributed by atoms with van der Waals surface area (Å²) in [6.07, 6.45) is 0.0254. The molecule has 35 heavy (non-hydrogen) atoms. The zero-order valence-electron chi connectivity index (χ0n) is 19.6. The topological polar surface area (TPSA) is 137 Å². The van der Waals surface area contributed by atoms with Crippen LogP contribution < -0.4 is 16.6 Å². The maximum absolute atomic E-state index is 14.5. The number of nitrogens with one attached hydrogen (secondary N) is 1. The molecule has 4 N–H and O–H groups in total. The number of aryl methyl sites for hydroxylation is 1. The van der Waals surface area contributed by atoms with E-state index in [2.05, 4.69) is 10.3 Å². The molecule has 182 valence electrons. The van der Waals surface area contributed by atoms with Crippen LogP contribution in [0.4, 0.5) is 4.39 Å². The Morgan fingerprint density at radius 3 is 2.77 bits per heavy atom. The highest BCUT2D eigenvalue weighted by Gasteiger charge is 2.45. The van der Waals surface area contributed by atoms with Gasteiger partial charge in [0.1, 0.15) is 12.4 Å². The van der Waals surface area contributed by atoms with Crippen LogP contribution in [0.15, 0.2) is 23.0 Å². The molecule has 1 amide bonds. The number of carbonyl (C=O) groups is 2. The molecule has 2 aromatic heterocycles. The molecule has 0 saturated carbocycles. The summed E-state index contributed by atoms with van der Waals surface area (Å²) in [6.45, 7) is 4.80. The van der Waals surface area contributed by atoms with Gasteiger partial charge in [0.2, 0.25) is 5.91 Å². The monoisotopic (exact) mass is 480 g/mol. The van der Waals surface area contributed by atoms with Crippen LogP contribution in [0.1, 0.15) is 54.1 Å². The van der Waals surface area contributed by atoms with E-state index >= 15 is 0 Å². The fourth-order valence-electron chi connectivity index (χ4n) is 5.11. The van der Waals surface area contributed by atoms with Gasteiger partial charge in [0.05, 0.1) is 41.6 Å². The van der Waals surface area contributed by atoms with Crippen molar-refractivity contribution in [1.29, 1.82) is 0 Å². The van der Waals surface area contributed by atoms with Crippen molar-refractivity contribution in [3.8, 4) is 11.4 Å². The van der Waals surface area contributed by atoms with Crippen LogP contribution in [-0.4, -0.2) is 33.1 Å². The van der Waals surface area contributed by atoms with Crippen LogP contribution >= 0.6 is 0 Å². The predicted octanol–water partition coefficient (Wildman–Crippen LogP) is 1.66. The number of nitrogens with two attached hydrogens (primary N) is 1. The number of ether oxygens (including phenoxy) is 1. The number of nitrogens with zero attached hydrogens (tertiary/aromatic N) is 2. The SMILES string of the molecule is CC[C@@]1(O)C(=O)OCc2c1cc1n(c2=O)Cc2c-1nc1cc(F)c(C)cc1c2[C@H](C)NC(=O)CN. The van der Waals surface area contributed by atoms with E-state index in [1.54, 1.807) is 32.9 Å². The number of esters is 1. The number of hydrogen-bond donors (Lipinski definition) is 3. The van der Waals surface area contributed by atoms with Gasteiger partial charge < -0.3 is 25.5 Å². The second-order valence-corrected chi connectivity index (χ2v) is 9.07. The van der Waals surface area contributed by atoms with Crippen LogP contribution in [0, 0.1) is 12.7 Å². The Bertz CT molecular complexity index is 1500. The van der Waals surface area contributed by atoms with Crippen LogP contribution in [-0.2, 0) is 33.1 Å². The second kappa shape index (κ2) is 7.96. The molecule has 4 heterocycles. The number of benzene rings is 1. The molecule has 10 heteroatoms. The molecule has 3 aromatic rings. The van der Waals surface area contributed by atoms with Crippen molar-refractivity contribution < 1.29 is 23.8 Å². The van der Waals surface area contributed by atoms with Gasteiger partial charge in [-0.2, -0.15) is 0 Å². The maximum Gasteiger partial charge on any atom is 0.343 e. The summed E-state index contributed by atoms with van der Waals surface area (Å²) in [5.41, 5.74) is 6.58. The van der Waals surface area contributed by atoms with Crippen molar-refractivity contribution >= 4 is 22.8 Å². The van der Waals surface area contributed by atoms with Gasteiger partial charge in [0.15, 0.2) is 5.60 Å². The van der Waals surface area contributed by atoms with Gasteiger partial charge in [-0.05, 0) is 43.5 Å². The first-order valence-corrected chi connectivity index (χ1v) is 11.4. The van der Waals surface area contributed by atoms with E-state index in [1.165, 1.54) is 10.6 Å². The third kappa shape index (κ3) is 3.28. The standard InChI is InChI=1S/C25H25FN4O5/c1-4-25(34)16-6-19-22-14(9-30(19)23(32)15(16)10-35-24(25)33)21(12(3)28-20(31)8-27)13-5-11(2)17(26)7-18(13)29-22/h5-7,12,34H,4,8-10,27H2,1-3H3,(H,28,31)/t12-,25-/m0/s1. The highest BCUT2D eigenvalue weighted by atomic mass is 19.1. The molecule has 0 radical (unpaired) electrons. The van der Waals surface area contributed by atoms with Gasteiger partial charge in [0.25, 0.3) is 5.56 Å². The molecular formula is C25H25FN4O5. The Hall–Kier alpha value is -3.63. The summed E-state index contributed by atoms with van der Waals surface area (Å²) in [6, 6.07) is 4.10. The summed E-state index contributed by atoms with van der Waals surface area (Å²) in [4.78, 5) is 42.7. The van der Waals surface area contributed by atoms with Crippen molar-refractivity contribution in [2.24, 2.45) is 5.73 Å². The number of pyridine rings is 2. The number of cyclic esters (lactones) is 1. The fourth-order valence-corrected chi connectivity index (χ4v) is 5.11. The lowest BCUT2D eigenvalue weighted by Gasteiger charge is -2.31. The molecule has 0 bridgehead atoms. The normalized spacial score (nSPS) is 19.1. The predicted molar refractivity (Wildman–Crippen MR) is 125 cm³/mol. The van der Waals surface area contributed by atoms with E-state index < -0.39 is 29.0 Å². The number of aromatic nitrogens is 2. The first-order valence-electron chi connectivity index (χ1n) is 11.4. The Morgan fingerprint density at radius 2 is 2.09 bits per heavy atom. The van der Waals surface area contributed by atoms with Crippen LogP contribution in [0.2, 0.25) is 0 Å². The molecule has 0 spiro atoms. The zero-order valence-corrected chi connectivity index (χ0v) is 19.6. The van der Waals surface area contributed by atoms with Gasteiger partial charge in [-0.1, -0.05) is 6.92 Å². The van der Waals surface area contributed by atoms with Crippen molar-refractivity contribution in [2.45, 2.75) is 52.0 Å². The van der Waals surface area contributed by atoms with Crippen molar-refractivity contribution in [3.63, 3.8) is 0 Å². The third-order valence-electron chi connectivity index (χ3n) is 7.01. The second-order valence-electron chi connectivity index (χ2n) is 9.07. The Balaban J connectivity index is 1.81. The average Bonchev–Trinajstić information content (AvgIpc) is 3.19. The number of carbonyl (C=O) groups excluding carboxylic acids is 2. The maximum atomic E-state index is 14.5. The Kier molecular flexibility index (Phi) is 5.26. The molecule has 2 aliphatic heterocycles. The molecule has 9 nitrogen and oxygen atoms in total. The molecule has 1 aromatic carbocycles. The van der Waals surface area contributed by atoms with Crippen molar-refractivity contribution in [3.05, 3.63) is 62.2 Å². The first kappa shape index (κ1) is 23.1. The average molecular weight is 480 g/mol. The number of fused-ring (bicyclic) bond motifs is 5. The third-order valence-corrected chi connectivity index (χ3v) is 7.01. The van der Waals surface area contributed by atoms with Gasteiger partial charge in [-0.25, -0.2) is 14.2 Å². The number of aliphatic hydroxyl groups is 1. The summed E-state index contributed by atoms with van der Waals surface area (Å²) in [7, 11) is 0. The minimum Gasteiger partial charge on any atom is -0.458 e. The highest BCUT2D eigenvalue weighted by molar-refractivity contribution is 5.90. The zero-order chi connectivity index (χ0) is 25.2. The summed E-state index contributed by atoms with van der Waals surface area (Å²) < 4.78 is 21.1. The van der Waals surface area contributed by atoms with E-state index in [-0.39, 0.29) is 43.2 Å². The van der Waals surface area contributed by atoms with E-state index in [0.717, 1.165) is 0 Å². The van der Waals surface area contributed by atoms with Crippen LogP contribution in [0.5, 0.6) is 0 Å². The minimum absolute atomic E-state index is 0.0254. The smallest absolute Gasteiger partial charge is 0.343 e. The number of halogens is 1. The van der Waals surface area contributed by atoms with Gasteiger partial charge >= 0.3 is 5.97 Å². The summed E-state index contributed by atoms with van der Waals surface area (Å²) >= 11 is 0. The lowest BCUT2D eigenvalue weighted by molar-refractivity contribution is -0.172. The van der Waals surface area contributed by atoms with Crippen LogP contribution in [0.3, 0.4) is 0 Å². The van der Waals surface area contributed by atoms with Gasteiger partial charge in [0, 0.05) is 22.6 Å². The molecule has 2 atom stereocenters. The number of hydrogen-bond acceptors (Lipinski definition) is 7. The Labute approximate surface area is 199 Å². The molecule has 0 saturated heterocycles.